The molecule has 1 aromatic heterocycles. The van der Waals surface area contributed by atoms with Gasteiger partial charge in [0.2, 0.25) is 0 Å². The van der Waals surface area contributed by atoms with Crippen LogP contribution in [0.15, 0.2) is 58.3 Å². The number of aromatic amines is 1. The number of fused-ring (bicyclic) bond motifs is 1. The number of ether oxygens (including phenoxy) is 2. The molecule has 228 valence electrons. The van der Waals surface area contributed by atoms with Crippen molar-refractivity contribution in [3.05, 3.63) is 75.1 Å². The van der Waals surface area contributed by atoms with Gasteiger partial charge in [-0.25, -0.2) is 13.8 Å². The Kier molecular flexibility index (Phi) is 9.39. The zero-order valence-electron chi connectivity index (χ0n) is 23.9. The number of esters is 1. The summed E-state index contributed by atoms with van der Waals surface area (Å²) in [5, 5.41) is 15.1. The second-order valence-corrected chi connectivity index (χ2v) is 12.6. The smallest absolute Gasteiger partial charge is 0.393 e. The molecule has 0 radical (unpaired) electrons. The number of aliphatic hydroxyl groups excluding tert-OH is 1. The summed E-state index contributed by atoms with van der Waals surface area (Å²) in [6.45, 7) is 6.81. The van der Waals surface area contributed by atoms with Gasteiger partial charge in [0, 0.05) is 17.1 Å². The molecule has 4 rings (SSSR count). The number of carbonyl (C=O) groups is 1. The first-order valence-corrected chi connectivity index (χ1v) is 15.1. The van der Waals surface area contributed by atoms with Crippen molar-refractivity contribution in [2.24, 2.45) is 0 Å². The molecule has 0 amide bonds. The number of nitrogens with one attached hydrogen (secondary N) is 2. The van der Waals surface area contributed by atoms with E-state index in [2.05, 4.69) is 10.3 Å². The van der Waals surface area contributed by atoms with Crippen molar-refractivity contribution >= 4 is 24.3 Å². The fraction of sp³-hybridized carbons (Fsp3) is 0.464. The number of aliphatic hydroxyl groups is 1. The van der Waals surface area contributed by atoms with Gasteiger partial charge in [0.1, 0.15) is 30.3 Å². The normalized spacial score (nSPS) is 24.4. The summed E-state index contributed by atoms with van der Waals surface area (Å²) in [5.74, 6) is -0.332. The van der Waals surface area contributed by atoms with Gasteiger partial charge in [0.05, 0.1) is 12.7 Å². The van der Waals surface area contributed by atoms with Gasteiger partial charge in [-0.15, -0.1) is 0 Å². The summed E-state index contributed by atoms with van der Waals surface area (Å²) >= 11 is 0. The molecule has 0 saturated carbocycles. The highest BCUT2D eigenvalue weighted by atomic mass is 31.2. The van der Waals surface area contributed by atoms with Gasteiger partial charge in [-0.05, 0) is 46.1 Å². The number of hydrogen-bond acceptors (Lipinski definition) is 10. The maximum absolute atomic E-state index is 15.8. The molecule has 1 aliphatic rings. The van der Waals surface area contributed by atoms with E-state index < -0.39 is 67.9 Å². The highest BCUT2D eigenvalue weighted by Gasteiger charge is 2.55. The van der Waals surface area contributed by atoms with E-state index in [9.17, 15) is 24.1 Å². The first-order chi connectivity index (χ1) is 19.7. The van der Waals surface area contributed by atoms with Crippen LogP contribution < -0.4 is 21.1 Å². The van der Waals surface area contributed by atoms with Crippen LogP contribution in [-0.2, 0) is 23.4 Å². The second kappa shape index (κ2) is 12.5. The van der Waals surface area contributed by atoms with Crippen molar-refractivity contribution in [3.63, 3.8) is 0 Å². The topological polar surface area (TPSA) is 158 Å². The first-order valence-electron chi connectivity index (χ1n) is 13.4. The van der Waals surface area contributed by atoms with Crippen LogP contribution in [0.4, 0.5) is 4.39 Å². The predicted molar refractivity (Wildman–Crippen MR) is 152 cm³/mol. The summed E-state index contributed by atoms with van der Waals surface area (Å²) < 4.78 is 53.2. The minimum atomic E-state index is -4.16. The molecule has 1 aliphatic heterocycles. The van der Waals surface area contributed by atoms with E-state index in [1.165, 1.54) is 13.8 Å². The summed E-state index contributed by atoms with van der Waals surface area (Å²) in [4.78, 5) is 38.6. The largest absolute Gasteiger partial charge is 0.462 e. The Labute approximate surface area is 241 Å². The van der Waals surface area contributed by atoms with Crippen molar-refractivity contribution in [1.82, 2.24) is 14.9 Å². The molecule has 0 spiro atoms. The average molecular weight is 608 g/mol. The van der Waals surface area contributed by atoms with Crippen molar-refractivity contribution < 1.29 is 37.4 Å². The number of aryl methyl sites for hydroxylation is 1. The molecule has 42 heavy (non-hydrogen) atoms. The Morgan fingerprint density at radius 3 is 2.62 bits per heavy atom. The minimum absolute atomic E-state index is 0.132. The standard InChI is InChI=1S/C28H35FN3O9P/c1-16(2)39-25(35)18(4)30-15-42(37,41-21-12-8-10-19-9-6-7-11-20(19)21)38-14-22-23(33)28(5,29)26(40-22)32-13-17(3)24(34)31-27(32)36/h6-13,16,18,22-23,26,30,33H,14-15H2,1-5H3,(H,31,34,36)/t18-,22-,23-,26-,28-,42+/m1/s1. The number of benzene rings is 2. The Morgan fingerprint density at radius 2 is 1.90 bits per heavy atom. The third-order valence-corrected chi connectivity index (χ3v) is 8.42. The third-order valence-electron chi connectivity index (χ3n) is 6.83. The molecule has 0 aliphatic carbocycles. The van der Waals surface area contributed by atoms with Gasteiger partial charge in [-0.2, -0.15) is 0 Å². The highest BCUT2D eigenvalue weighted by Crippen LogP contribution is 2.50. The Hall–Kier alpha value is -3.35. The number of hydrogen-bond donors (Lipinski definition) is 3. The molecular weight excluding hydrogens is 572 g/mol. The lowest BCUT2D eigenvalue weighted by Crippen LogP contribution is -2.44. The lowest BCUT2D eigenvalue weighted by molar-refractivity contribution is -0.149. The van der Waals surface area contributed by atoms with E-state index in [1.807, 2.05) is 18.2 Å². The van der Waals surface area contributed by atoms with Crippen LogP contribution in [0, 0.1) is 6.92 Å². The molecule has 1 fully saturated rings. The van der Waals surface area contributed by atoms with Crippen LogP contribution in [0.5, 0.6) is 5.75 Å². The summed E-state index contributed by atoms with van der Waals surface area (Å²) in [5.41, 5.74) is -3.92. The highest BCUT2D eigenvalue weighted by molar-refractivity contribution is 7.54. The van der Waals surface area contributed by atoms with Crippen LogP contribution in [0.1, 0.15) is 39.5 Å². The van der Waals surface area contributed by atoms with E-state index in [4.69, 9.17) is 18.5 Å². The zero-order valence-corrected chi connectivity index (χ0v) is 24.8. The van der Waals surface area contributed by atoms with Crippen LogP contribution >= 0.6 is 7.60 Å². The van der Waals surface area contributed by atoms with Gasteiger partial charge >= 0.3 is 19.3 Å². The molecular formula is C28H35FN3O9P. The monoisotopic (exact) mass is 607 g/mol. The number of aromatic nitrogens is 2. The number of halogens is 1. The maximum atomic E-state index is 15.8. The van der Waals surface area contributed by atoms with E-state index in [0.717, 1.165) is 23.1 Å². The molecule has 1 saturated heterocycles. The molecule has 2 aromatic carbocycles. The quantitative estimate of drug-likeness (QED) is 0.218. The predicted octanol–water partition coefficient (Wildman–Crippen LogP) is 3.16. The van der Waals surface area contributed by atoms with Gasteiger partial charge in [0.25, 0.3) is 5.56 Å². The van der Waals surface area contributed by atoms with Gasteiger partial charge < -0.3 is 19.1 Å². The molecule has 3 N–H and O–H groups in total. The zero-order chi connectivity index (χ0) is 30.8. The molecule has 6 atom stereocenters. The van der Waals surface area contributed by atoms with Crippen LogP contribution in [-0.4, -0.2) is 63.5 Å². The van der Waals surface area contributed by atoms with E-state index in [1.54, 1.807) is 38.1 Å². The second-order valence-electron chi connectivity index (χ2n) is 10.6. The fourth-order valence-corrected chi connectivity index (χ4v) is 6.03. The maximum Gasteiger partial charge on any atom is 0.393 e. The summed E-state index contributed by atoms with van der Waals surface area (Å²) in [6.07, 6.45) is -4.47. The van der Waals surface area contributed by atoms with Crippen molar-refractivity contribution in [1.29, 1.82) is 0 Å². The van der Waals surface area contributed by atoms with Crippen LogP contribution in [0.25, 0.3) is 10.8 Å². The Bertz CT molecular complexity index is 1600. The van der Waals surface area contributed by atoms with E-state index >= 15 is 4.39 Å². The van der Waals surface area contributed by atoms with E-state index in [-0.39, 0.29) is 17.4 Å². The molecule has 0 bridgehead atoms. The van der Waals surface area contributed by atoms with Gasteiger partial charge in [-0.3, -0.25) is 29.0 Å². The average Bonchev–Trinajstić information content (AvgIpc) is 3.16. The molecule has 2 heterocycles. The summed E-state index contributed by atoms with van der Waals surface area (Å²) in [7, 11) is -4.16. The van der Waals surface area contributed by atoms with Gasteiger partial charge in [-0.1, -0.05) is 36.4 Å². The first kappa shape index (κ1) is 31.6. The molecule has 12 nitrogen and oxygen atoms in total. The minimum Gasteiger partial charge on any atom is -0.462 e. The summed E-state index contributed by atoms with van der Waals surface area (Å²) in [6, 6.07) is 11.5. The molecule has 3 aromatic rings. The number of alkyl halides is 1. The fourth-order valence-electron chi connectivity index (χ4n) is 4.49. The lowest BCUT2D eigenvalue weighted by atomic mass is 9.98. The van der Waals surface area contributed by atoms with Gasteiger partial charge in [0.15, 0.2) is 11.9 Å². The van der Waals surface area contributed by atoms with Crippen molar-refractivity contribution in [3.8, 4) is 5.75 Å². The lowest BCUT2D eigenvalue weighted by Gasteiger charge is -2.25. The number of H-pyrrole nitrogens is 1. The van der Waals surface area contributed by atoms with Crippen molar-refractivity contribution in [2.45, 2.75) is 70.9 Å². The number of nitrogens with zero attached hydrogens (tertiary/aromatic N) is 1. The SMILES string of the molecule is Cc1cn([C@@H]2O[C@H](CO[P@@](=O)(CN[C@H](C)C(=O)OC(C)C)Oc3cccc4ccccc34)[C@@H](O)[C@@]2(C)F)c(=O)[nH]c1=O. The molecule has 0 unspecified atom stereocenters. The van der Waals surface area contributed by atoms with Crippen LogP contribution in [0.3, 0.4) is 0 Å². The van der Waals surface area contributed by atoms with Crippen LogP contribution in [0.2, 0.25) is 0 Å². The number of rotatable bonds is 11. The third kappa shape index (κ3) is 6.82. The van der Waals surface area contributed by atoms with Crippen molar-refractivity contribution in [2.75, 3.05) is 12.9 Å². The Morgan fingerprint density at radius 1 is 1.21 bits per heavy atom. The number of carbonyl (C=O) groups excluding carboxylic acids is 1. The molecule has 14 heteroatoms. The van der Waals surface area contributed by atoms with E-state index in [0.29, 0.717) is 5.39 Å². The Balaban J connectivity index is 1.58.